The van der Waals surface area contributed by atoms with E-state index in [0.29, 0.717) is 6.61 Å². The average Bonchev–Trinajstić information content (AvgIpc) is 2.33. The van der Waals surface area contributed by atoms with Crippen LogP contribution in [0.2, 0.25) is 0 Å². The minimum Gasteiger partial charge on any atom is -0.394 e. The van der Waals surface area contributed by atoms with Crippen molar-refractivity contribution in [2.24, 2.45) is 0 Å². The number of rotatable bonds is 3. The Hall–Kier alpha value is -0.200. The topological polar surface area (TPSA) is 79.2 Å². The van der Waals surface area contributed by atoms with E-state index in [1.807, 2.05) is 0 Å². The Morgan fingerprint density at radius 2 is 2.00 bits per heavy atom. The zero-order chi connectivity index (χ0) is 9.14. The Balaban J connectivity index is 2.48. The fourth-order valence-electron chi connectivity index (χ4n) is 1.17. The van der Waals surface area contributed by atoms with Gasteiger partial charge < -0.3 is 24.8 Å². The second-order valence-electron chi connectivity index (χ2n) is 2.66. The second kappa shape index (κ2) is 4.15. The Morgan fingerprint density at radius 3 is 2.42 bits per heavy atom. The molecule has 0 aromatic heterocycles. The molecule has 5 nitrogen and oxygen atoms in total. The van der Waals surface area contributed by atoms with E-state index in [1.165, 1.54) is 0 Å². The zero-order valence-electron chi connectivity index (χ0n) is 6.88. The largest absolute Gasteiger partial charge is 0.394 e. The molecule has 3 N–H and O–H groups in total. The van der Waals surface area contributed by atoms with Crippen LogP contribution in [0.4, 0.5) is 0 Å². The van der Waals surface area contributed by atoms with Gasteiger partial charge in [0.15, 0.2) is 6.29 Å². The van der Waals surface area contributed by atoms with Gasteiger partial charge in [-0.05, 0) is 6.92 Å². The van der Waals surface area contributed by atoms with Gasteiger partial charge in [-0.3, -0.25) is 0 Å². The SMILES string of the molecule is CCOC1OC(CO)C(O)C1O. The molecule has 1 aliphatic rings. The van der Waals surface area contributed by atoms with Crippen molar-refractivity contribution in [3.63, 3.8) is 0 Å². The van der Waals surface area contributed by atoms with E-state index in [9.17, 15) is 10.2 Å². The molecule has 4 unspecified atom stereocenters. The lowest BCUT2D eigenvalue weighted by molar-refractivity contribution is -0.166. The maximum atomic E-state index is 9.28. The number of ether oxygens (including phenoxy) is 2. The summed E-state index contributed by atoms with van der Waals surface area (Å²) in [6.45, 7) is 1.84. The molecule has 1 aliphatic heterocycles. The molecular formula is C7H14O5. The Bertz CT molecular complexity index is 140. The summed E-state index contributed by atoms with van der Waals surface area (Å²) in [5.74, 6) is 0. The highest BCUT2D eigenvalue weighted by molar-refractivity contribution is 4.85. The molecule has 5 heteroatoms. The van der Waals surface area contributed by atoms with Crippen molar-refractivity contribution in [1.82, 2.24) is 0 Å². The second-order valence-corrected chi connectivity index (χ2v) is 2.66. The molecule has 0 spiro atoms. The average molecular weight is 178 g/mol. The maximum absolute atomic E-state index is 9.28. The molecule has 1 saturated heterocycles. The van der Waals surface area contributed by atoms with Gasteiger partial charge >= 0.3 is 0 Å². The summed E-state index contributed by atoms with van der Waals surface area (Å²) in [4.78, 5) is 0. The summed E-state index contributed by atoms with van der Waals surface area (Å²) in [7, 11) is 0. The Kier molecular flexibility index (Phi) is 3.42. The van der Waals surface area contributed by atoms with E-state index in [0.717, 1.165) is 0 Å². The van der Waals surface area contributed by atoms with Crippen LogP contribution < -0.4 is 0 Å². The molecule has 1 fully saturated rings. The molecule has 12 heavy (non-hydrogen) atoms. The van der Waals surface area contributed by atoms with Crippen molar-refractivity contribution in [2.75, 3.05) is 13.2 Å². The Labute approximate surface area is 70.5 Å². The summed E-state index contributed by atoms with van der Waals surface area (Å²) in [5, 5.41) is 27.2. The van der Waals surface area contributed by atoms with Gasteiger partial charge in [-0.2, -0.15) is 0 Å². The molecular weight excluding hydrogens is 164 g/mol. The van der Waals surface area contributed by atoms with Crippen LogP contribution in [-0.2, 0) is 9.47 Å². The first-order chi connectivity index (χ1) is 5.70. The minimum atomic E-state index is -1.07. The van der Waals surface area contributed by atoms with Gasteiger partial charge in [0.25, 0.3) is 0 Å². The summed E-state index contributed by atoms with van der Waals surface area (Å²) in [5.41, 5.74) is 0. The lowest BCUT2D eigenvalue weighted by Crippen LogP contribution is -2.34. The van der Waals surface area contributed by atoms with Crippen LogP contribution in [-0.4, -0.2) is 53.1 Å². The van der Waals surface area contributed by atoms with Crippen molar-refractivity contribution in [1.29, 1.82) is 0 Å². The standard InChI is InChI=1S/C7H14O5/c1-2-11-7-6(10)5(9)4(3-8)12-7/h4-10H,2-3H2,1H3. The fraction of sp³-hybridized carbons (Fsp3) is 1.00. The highest BCUT2D eigenvalue weighted by Gasteiger charge is 2.42. The molecule has 1 heterocycles. The molecule has 0 saturated carbocycles. The van der Waals surface area contributed by atoms with E-state index in [-0.39, 0.29) is 6.61 Å². The Morgan fingerprint density at radius 1 is 1.33 bits per heavy atom. The van der Waals surface area contributed by atoms with Gasteiger partial charge in [-0.25, -0.2) is 0 Å². The number of aliphatic hydroxyl groups is 3. The van der Waals surface area contributed by atoms with Crippen LogP contribution in [0.3, 0.4) is 0 Å². The van der Waals surface area contributed by atoms with Crippen molar-refractivity contribution < 1.29 is 24.8 Å². The first-order valence-electron chi connectivity index (χ1n) is 3.94. The molecule has 0 aromatic carbocycles. The normalized spacial score (nSPS) is 42.0. The first-order valence-corrected chi connectivity index (χ1v) is 3.94. The van der Waals surface area contributed by atoms with E-state index in [2.05, 4.69) is 0 Å². The number of aliphatic hydroxyl groups excluding tert-OH is 3. The molecule has 0 amide bonds. The molecule has 1 rings (SSSR count). The van der Waals surface area contributed by atoms with Crippen LogP contribution in [0, 0.1) is 0 Å². The third-order valence-corrected chi connectivity index (χ3v) is 1.83. The van der Waals surface area contributed by atoms with Crippen LogP contribution in [0.15, 0.2) is 0 Å². The predicted molar refractivity (Wildman–Crippen MR) is 39.4 cm³/mol. The molecule has 72 valence electrons. The fourth-order valence-corrected chi connectivity index (χ4v) is 1.17. The van der Waals surface area contributed by atoms with Crippen LogP contribution >= 0.6 is 0 Å². The van der Waals surface area contributed by atoms with Crippen LogP contribution in [0.25, 0.3) is 0 Å². The molecule has 4 atom stereocenters. The zero-order valence-corrected chi connectivity index (χ0v) is 6.88. The van der Waals surface area contributed by atoms with Crippen molar-refractivity contribution in [3.8, 4) is 0 Å². The molecule has 0 bridgehead atoms. The summed E-state index contributed by atoms with van der Waals surface area (Å²) >= 11 is 0. The molecule has 0 aromatic rings. The van der Waals surface area contributed by atoms with E-state index >= 15 is 0 Å². The number of hydrogen-bond donors (Lipinski definition) is 3. The molecule has 0 aliphatic carbocycles. The number of hydrogen-bond acceptors (Lipinski definition) is 5. The monoisotopic (exact) mass is 178 g/mol. The van der Waals surface area contributed by atoms with Crippen molar-refractivity contribution in [3.05, 3.63) is 0 Å². The van der Waals surface area contributed by atoms with Gasteiger partial charge in [-0.1, -0.05) is 0 Å². The van der Waals surface area contributed by atoms with E-state index < -0.39 is 24.6 Å². The minimum absolute atomic E-state index is 0.318. The summed E-state index contributed by atoms with van der Waals surface area (Å²) < 4.78 is 9.98. The lowest BCUT2D eigenvalue weighted by Gasteiger charge is -2.13. The van der Waals surface area contributed by atoms with Crippen LogP contribution in [0.1, 0.15) is 6.92 Å². The van der Waals surface area contributed by atoms with E-state index in [1.54, 1.807) is 6.92 Å². The van der Waals surface area contributed by atoms with Crippen molar-refractivity contribution in [2.45, 2.75) is 31.5 Å². The van der Waals surface area contributed by atoms with Crippen LogP contribution in [0.5, 0.6) is 0 Å². The van der Waals surface area contributed by atoms with Gasteiger partial charge in [0.2, 0.25) is 0 Å². The van der Waals surface area contributed by atoms with Gasteiger partial charge in [0.05, 0.1) is 6.61 Å². The highest BCUT2D eigenvalue weighted by atomic mass is 16.7. The summed E-state index contributed by atoms with van der Waals surface area (Å²) in [6.07, 6.45) is -3.69. The van der Waals surface area contributed by atoms with Gasteiger partial charge in [0, 0.05) is 6.61 Å². The summed E-state index contributed by atoms with van der Waals surface area (Å²) in [6, 6.07) is 0. The van der Waals surface area contributed by atoms with E-state index in [4.69, 9.17) is 14.6 Å². The quantitative estimate of drug-likeness (QED) is 0.488. The lowest BCUT2D eigenvalue weighted by atomic mass is 10.1. The van der Waals surface area contributed by atoms with Crippen molar-refractivity contribution >= 4 is 0 Å². The smallest absolute Gasteiger partial charge is 0.186 e. The highest BCUT2D eigenvalue weighted by Crippen LogP contribution is 2.21. The predicted octanol–water partition coefficient (Wildman–Crippen LogP) is -1.54. The first kappa shape index (κ1) is 9.88. The molecule has 0 radical (unpaired) electrons. The van der Waals surface area contributed by atoms with Gasteiger partial charge in [-0.15, -0.1) is 0 Å². The van der Waals surface area contributed by atoms with Gasteiger partial charge in [0.1, 0.15) is 18.3 Å². The third-order valence-electron chi connectivity index (χ3n) is 1.83. The maximum Gasteiger partial charge on any atom is 0.186 e. The third kappa shape index (κ3) is 1.75.